The number of hydrogen-bond acceptors (Lipinski definition) is 3. The largest absolute Gasteiger partial charge is 0.379 e. The van der Waals surface area contributed by atoms with E-state index in [1.807, 2.05) is 20.8 Å². The van der Waals surface area contributed by atoms with Crippen molar-refractivity contribution in [2.24, 2.45) is 5.73 Å². The molecule has 90 valence electrons. The van der Waals surface area contributed by atoms with Crippen molar-refractivity contribution >= 4 is 5.91 Å². The van der Waals surface area contributed by atoms with E-state index in [1.54, 1.807) is 0 Å². The first-order chi connectivity index (χ1) is 7.07. The number of rotatable bonds is 9. The van der Waals surface area contributed by atoms with Gasteiger partial charge in [0.25, 0.3) is 0 Å². The number of nitrogens with two attached hydrogens (primary N) is 1. The van der Waals surface area contributed by atoms with Crippen LogP contribution in [0.4, 0.5) is 0 Å². The third-order valence-electron chi connectivity index (χ3n) is 2.16. The molecule has 0 aromatic heterocycles. The standard InChI is InChI=1S/C11H24N2O2/c1-4-10(11(12)14)13-7-5-6-8-15-9(2)3/h9-10,13H,4-8H2,1-3H3,(H2,12,14). The lowest BCUT2D eigenvalue weighted by Gasteiger charge is -2.13. The topological polar surface area (TPSA) is 64.3 Å². The van der Waals surface area contributed by atoms with Crippen LogP contribution >= 0.6 is 0 Å². The summed E-state index contributed by atoms with van der Waals surface area (Å²) in [5, 5.41) is 3.13. The lowest BCUT2D eigenvalue weighted by atomic mass is 10.2. The minimum Gasteiger partial charge on any atom is -0.379 e. The highest BCUT2D eigenvalue weighted by molar-refractivity contribution is 5.79. The first-order valence-corrected chi connectivity index (χ1v) is 5.72. The summed E-state index contributed by atoms with van der Waals surface area (Å²) >= 11 is 0. The number of ether oxygens (including phenoxy) is 1. The second-order valence-corrected chi connectivity index (χ2v) is 3.94. The van der Waals surface area contributed by atoms with E-state index in [4.69, 9.17) is 10.5 Å². The van der Waals surface area contributed by atoms with Crippen molar-refractivity contribution in [1.29, 1.82) is 0 Å². The fourth-order valence-corrected chi connectivity index (χ4v) is 1.27. The molecule has 0 aromatic carbocycles. The zero-order valence-electron chi connectivity index (χ0n) is 10.1. The van der Waals surface area contributed by atoms with Crippen molar-refractivity contribution in [3.8, 4) is 0 Å². The minimum atomic E-state index is -0.268. The molecule has 1 amide bonds. The van der Waals surface area contributed by atoms with E-state index in [2.05, 4.69) is 5.32 Å². The van der Waals surface area contributed by atoms with E-state index in [-0.39, 0.29) is 11.9 Å². The Morgan fingerprint density at radius 1 is 1.40 bits per heavy atom. The van der Waals surface area contributed by atoms with Gasteiger partial charge in [-0.15, -0.1) is 0 Å². The molecule has 0 aliphatic rings. The van der Waals surface area contributed by atoms with Crippen LogP contribution in [0.3, 0.4) is 0 Å². The van der Waals surface area contributed by atoms with Crippen molar-refractivity contribution in [3.63, 3.8) is 0 Å². The monoisotopic (exact) mass is 216 g/mol. The van der Waals surface area contributed by atoms with E-state index in [0.717, 1.165) is 32.4 Å². The smallest absolute Gasteiger partial charge is 0.234 e. The number of carbonyl (C=O) groups excluding carboxylic acids is 1. The second-order valence-electron chi connectivity index (χ2n) is 3.94. The van der Waals surface area contributed by atoms with Crippen molar-refractivity contribution in [1.82, 2.24) is 5.32 Å². The van der Waals surface area contributed by atoms with Gasteiger partial charge in [-0.1, -0.05) is 6.92 Å². The van der Waals surface area contributed by atoms with Gasteiger partial charge in [-0.2, -0.15) is 0 Å². The molecule has 0 aliphatic heterocycles. The van der Waals surface area contributed by atoms with Gasteiger partial charge in [0.2, 0.25) is 5.91 Å². The maximum absolute atomic E-state index is 10.9. The number of hydrogen-bond donors (Lipinski definition) is 2. The third-order valence-corrected chi connectivity index (χ3v) is 2.16. The van der Waals surface area contributed by atoms with Gasteiger partial charge < -0.3 is 15.8 Å². The molecule has 0 fully saturated rings. The van der Waals surface area contributed by atoms with Crippen LogP contribution in [0.5, 0.6) is 0 Å². The van der Waals surface area contributed by atoms with E-state index >= 15 is 0 Å². The van der Waals surface area contributed by atoms with Gasteiger partial charge >= 0.3 is 0 Å². The Balaban J connectivity index is 3.33. The SMILES string of the molecule is CCC(NCCCCOC(C)C)C(N)=O. The molecule has 0 spiro atoms. The Kier molecular flexibility index (Phi) is 8.33. The molecule has 0 rings (SSSR count). The zero-order chi connectivity index (χ0) is 11.7. The molecule has 1 unspecified atom stereocenters. The van der Waals surface area contributed by atoms with Crippen molar-refractivity contribution in [2.45, 2.75) is 52.2 Å². The average Bonchev–Trinajstić information content (AvgIpc) is 2.15. The summed E-state index contributed by atoms with van der Waals surface area (Å²) in [5.74, 6) is -0.268. The summed E-state index contributed by atoms with van der Waals surface area (Å²) in [6.45, 7) is 7.61. The van der Waals surface area contributed by atoms with Crippen LogP contribution in [-0.2, 0) is 9.53 Å². The Morgan fingerprint density at radius 2 is 2.07 bits per heavy atom. The summed E-state index contributed by atoms with van der Waals surface area (Å²) in [4.78, 5) is 10.9. The molecule has 0 bridgehead atoms. The molecular formula is C11H24N2O2. The molecule has 0 heterocycles. The molecule has 1 atom stereocenters. The van der Waals surface area contributed by atoms with Gasteiger partial charge in [0, 0.05) is 6.61 Å². The van der Waals surface area contributed by atoms with E-state index in [1.165, 1.54) is 0 Å². The highest BCUT2D eigenvalue weighted by Gasteiger charge is 2.10. The van der Waals surface area contributed by atoms with Crippen molar-refractivity contribution < 1.29 is 9.53 Å². The van der Waals surface area contributed by atoms with Gasteiger partial charge in [0.15, 0.2) is 0 Å². The molecule has 0 saturated heterocycles. The van der Waals surface area contributed by atoms with Gasteiger partial charge in [-0.3, -0.25) is 4.79 Å². The number of carbonyl (C=O) groups is 1. The second kappa shape index (κ2) is 8.68. The Hall–Kier alpha value is -0.610. The first-order valence-electron chi connectivity index (χ1n) is 5.72. The molecule has 0 aromatic rings. The Bertz CT molecular complexity index is 172. The van der Waals surface area contributed by atoms with Gasteiger partial charge in [0.1, 0.15) is 0 Å². The highest BCUT2D eigenvalue weighted by Crippen LogP contribution is 1.95. The van der Waals surface area contributed by atoms with E-state index < -0.39 is 0 Å². The van der Waals surface area contributed by atoms with Crippen LogP contribution in [0, 0.1) is 0 Å². The van der Waals surface area contributed by atoms with Gasteiger partial charge in [-0.05, 0) is 39.7 Å². The molecule has 4 heteroatoms. The molecule has 15 heavy (non-hydrogen) atoms. The summed E-state index contributed by atoms with van der Waals surface area (Å²) in [6, 6.07) is -0.184. The lowest BCUT2D eigenvalue weighted by molar-refractivity contribution is -0.120. The van der Waals surface area contributed by atoms with Gasteiger partial charge in [-0.25, -0.2) is 0 Å². The van der Waals surface area contributed by atoms with Crippen LogP contribution in [0.15, 0.2) is 0 Å². The predicted octanol–water partition coefficient (Wildman–Crippen LogP) is 1.05. The summed E-state index contributed by atoms with van der Waals surface area (Å²) in [7, 11) is 0. The van der Waals surface area contributed by atoms with E-state index in [0.29, 0.717) is 6.10 Å². The number of primary amides is 1. The molecule has 0 saturated carbocycles. The Labute approximate surface area is 92.6 Å². The van der Waals surface area contributed by atoms with Crippen molar-refractivity contribution in [3.05, 3.63) is 0 Å². The molecule has 0 radical (unpaired) electrons. The molecule has 3 N–H and O–H groups in total. The summed E-state index contributed by atoms with van der Waals surface area (Å²) in [5.41, 5.74) is 5.20. The van der Waals surface area contributed by atoms with Crippen LogP contribution in [-0.4, -0.2) is 31.2 Å². The molecular weight excluding hydrogens is 192 g/mol. The average molecular weight is 216 g/mol. The normalized spacial score (nSPS) is 13.1. The minimum absolute atomic E-state index is 0.184. The quantitative estimate of drug-likeness (QED) is 0.566. The number of nitrogens with one attached hydrogen (secondary N) is 1. The predicted molar refractivity (Wildman–Crippen MR) is 61.6 cm³/mol. The zero-order valence-corrected chi connectivity index (χ0v) is 10.1. The van der Waals surface area contributed by atoms with Crippen LogP contribution in [0.25, 0.3) is 0 Å². The fraction of sp³-hybridized carbons (Fsp3) is 0.909. The number of unbranched alkanes of at least 4 members (excludes halogenated alkanes) is 1. The van der Waals surface area contributed by atoms with Crippen LogP contribution in [0.2, 0.25) is 0 Å². The maximum atomic E-state index is 10.9. The Morgan fingerprint density at radius 3 is 2.53 bits per heavy atom. The molecule has 0 aliphatic carbocycles. The lowest BCUT2D eigenvalue weighted by Crippen LogP contribution is -2.41. The third kappa shape index (κ3) is 8.39. The van der Waals surface area contributed by atoms with Crippen LogP contribution < -0.4 is 11.1 Å². The fourth-order valence-electron chi connectivity index (χ4n) is 1.27. The number of amides is 1. The van der Waals surface area contributed by atoms with Crippen molar-refractivity contribution in [2.75, 3.05) is 13.2 Å². The maximum Gasteiger partial charge on any atom is 0.234 e. The van der Waals surface area contributed by atoms with Gasteiger partial charge in [0.05, 0.1) is 12.1 Å². The summed E-state index contributed by atoms with van der Waals surface area (Å²) in [6.07, 6.45) is 3.07. The first kappa shape index (κ1) is 14.4. The van der Waals surface area contributed by atoms with Crippen LogP contribution in [0.1, 0.15) is 40.0 Å². The summed E-state index contributed by atoms with van der Waals surface area (Å²) < 4.78 is 5.40. The van der Waals surface area contributed by atoms with E-state index in [9.17, 15) is 4.79 Å². The highest BCUT2D eigenvalue weighted by atomic mass is 16.5. The molecule has 4 nitrogen and oxygen atoms in total.